The van der Waals surface area contributed by atoms with E-state index in [0.717, 1.165) is 5.76 Å². The van der Waals surface area contributed by atoms with Crippen LogP contribution in [0.5, 0.6) is 6.08 Å². The lowest BCUT2D eigenvalue weighted by Crippen LogP contribution is -2.10. The van der Waals surface area contributed by atoms with E-state index in [-0.39, 0.29) is 11.5 Å². The van der Waals surface area contributed by atoms with E-state index < -0.39 is 0 Å². The highest BCUT2D eigenvalue weighted by Crippen LogP contribution is 2.22. The van der Waals surface area contributed by atoms with Gasteiger partial charge in [-0.1, -0.05) is 20.8 Å². The first kappa shape index (κ1) is 7.12. The lowest BCUT2D eigenvalue weighted by Gasteiger charge is -2.10. The Balaban J connectivity index is 2.96. The van der Waals surface area contributed by atoms with Crippen molar-refractivity contribution in [3.63, 3.8) is 0 Å². The van der Waals surface area contributed by atoms with Crippen LogP contribution >= 0.6 is 0 Å². The molecule has 0 spiro atoms. The van der Waals surface area contributed by atoms with Gasteiger partial charge >= 0.3 is 6.08 Å². The highest BCUT2D eigenvalue weighted by Gasteiger charge is 2.22. The maximum Gasteiger partial charge on any atom is 0.556 e. The molecule has 0 saturated heterocycles. The minimum Gasteiger partial charge on any atom is -0.429 e. The smallest absolute Gasteiger partial charge is 0.429 e. The molecule has 1 aromatic heterocycles. The number of aromatic nitrogens is 1. The Kier molecular flexibility index (Phi) is 1.43. The van der Waals surface area contributed by atoms with Crippen LogP contribution in [-0.4, -0.2) is 5.11 Å². The standard InChI is InChI=1S/C7H11NO2/c1-7(2,3)5-4-8-6(9)10-5/h4H,1-3H3,(H,8,9)/p+1. The van der Waals surface area contributed by atoms with Crippen molar-refractivity contribution in [1.82, 2.24) is 0 Å². The third-order valence-corrected chi connectivity index (χ3v) is 1.27. The normalized spacial score (nSPS) is 11.9. The average Bonchev–Trinajstić information content (AvgIpc) is 2.11. The van der Waals surface area contributed by atoms with E-state index in [1.165, 1.54) is 0 Å². The molecule has 0 aliphatic heterocycles. The fourth-order valence-corrected chi connectivity index (χ4v) is 0.660. The summed E-state index contributed by atoms with van der Waals surface area (Å²) in [6.45, 7) is 6.04. The molecule has 0 aliphatic carbocycles. The van der Waals surface area contributed by atoms with Crippen molar-refractivity contribution in [2.45, 2.75) is 26.2 Å². The van der Waals surface area contributed by atoms with Gasteiger partial charge in [0.25, 0.3) is 0 Å². The van der Waals surface area contributed by atoms with Crippen molar-refractivity contribution in [3.05, 3.63) is 12.0 Å². The second-order valence-corrected chi connectivity index (χ2v) is 3.31. The fraction of sp³-hybridized carbons (Fsp3) is 0.571. The first-order valence-corrected chi connectivity index (χ1v) is 3.21. The zero-order valence-corrected chi connectivity index (χ0v) is 6.43. The Labute approximate surface area is 59.7 Å². The topological polar surface area (TPSA) is 47.5 Å². The average molecular weight is 142 g/mol. The van der Waals surface area contributed by atoms with E-state index in [9.17, 15) is 0 Å². The molecule has 0 unspecified atom stereocenters. The van der Waals surface area contributed by atoms with Crippen molar-refractivity contribution in [2.75, 3.05) is 0 Å². The number of H-pyrrole nitrogens is 1. The van der Waals surface area contributed by atoms with E-state index in [0.29, 0.717) is 0 Å². The number of nitrogens with one attached hydrogen (secondary N) is 1. The Morgan fingerprint density at radius 3 is 2.30 bits per heavy atom. The quantitative estimate of drug-likeness (QED) is 0.589. The van der Waals surface area contributed by atoms with Crippen LogP contribution in [0.1, 0.15) is 26.5 Å². The predicted molar refractivity (Wildman–Crippen MR) is 35.6 cm³/mol. The van der Waals surface area contributed by atoms with Gasteiger partial charge in [0.05, 0.1) is 0 Å². The van der Waals surface area contributed by atoms with E-state index in [1.54, 1.807) is 6.20 Å². The number of hydrogen-bond donors (Lipinski definition) is 1. The van der Waals surface area contributed by atoms with Crippen molar-refractivity contribution < 1.29 is 14.5 Å². The molecule has 0 amide bonds. The molecule has 0 bridgehead atoms. The molecule has 0 aliphatic rings. The van der Waals surface area contributed by atoms with Crippen LogP contribution < -0.4 is 4.98 Å². The molecule has 0 atom stereocenters. The van der Waals surface area contributed by atoms with Gasteiger partial charge in [0.15, 0.2) is 5.76 Å². The Morgan fingerprint density at radius 2 is 2.10 bits per heavy atom. The fourth-order valence-electron chi connectivity index (χ4n) is 0.660. The molecule has 10 heavy (non-hydrogen) atoms. The van der Waals surface area contributed by atoms with Crippen LogP contribution in [0.15, 0.2) is 10.6 Å². The first-order valence-electron chi connectivity index (χ1n) is 3.21. The van der Waals surface area contributed by atoms with Crippen molar-refractivity contribution in [2.24, 2.45) is 0 Å². The Morgan fingerprint density at radius 1 is 1.50 bits per heavy atom. The summed E-state index contributed by atoms with van der Waals surface area (Å²) in [5.41, 5.74) is -0.0442. The Bertz CT molecular complexity index is 222. The summed E-state index contributed by atoms with van der Waals surface area (Å²) in [5.74, 6) is 0.755. The van der Waals surface area contributed by atoms with Gasteiger partial charge < -0.3 is 9.52 Å². The maximum absolute atomic E-state index is 8.79. The molecule has 1 aromatic rings. The van der Waals surface area contributed by atoms with Crippen LogP contribution in [0.25, 0.3) is 0 Å². The molecule has 0 fully saturated rings. The number of aromatic amines is 1. The van der Waals surface area contributed by atoms with Gasteiger partial charge in [0.1, 0.15) is 0 Å². The first-order chi connectivity index (χ1) is 4.50. The lowest BCUT2D eigenvalue weighted by atomic mass is 9.94. The van der Waals surface area contributed by atoms with Crippen LogP contribution in [0, 0.1) is 0 Å². The number of oxazole rings is 1. The van der Waals surface area contributed by atoms with Crippen LogP contribution in [0.3, 0.4) is 0 Å². The van der Waals surface area contributed by atoms with Crippen molar-refractivity contribution >= 4 is 0 Å². The van der Waals surface area contributed by atoms with Crippen molar-refractivity contribution in [1.29, 1.82) is 0 Å². The minimum atomic E-state index is -0.134. The maximum atomic E-state index is 8.79. The highest BCUT2D eigenvalue weighted by atomic mass is 16.5. The van der Waals surface area contributed by atoms with Gasteiger partial charge in [0.2, 0.25) is 6.20 Å². The van der Waals surface area contributed by atoms with Gasteiger partial charge in [-0.15, -0.1) is 4.98 Å². The molecule has 0 aromatic carbocycles. The molecular weight excluding hydrogens is 130 g/mol. The number of aromatic hydroxyl groups is 1. The second-order valence-electron chi connectivity index (χ2n) is 3.31. The summed E-state index contributed by atoms with van der Waals surface area (Å²) < 4.78 is 4.95. The van der Waals surface area contributed by atoms with Gasteiger partial charge in [-0.2, -0.15) is 0 Å². The highest BCUT2D eigenvalue weighted by molar-refractivity contribution is 5.02. The van der Waals surface area contributed by atoms with Gasteiger partial charge in [-0.05, 0) is 0 Å². The largest absolute Gasteiger partial charge is 0.556 e. The van der Waals surface area contributed by atoms with E-state index in [2.05, 4.69) is 4.98 Å². The zero-order valence-electron chi connectivity index (χ0n) is 6.43. The SMILES string of the molecule is CC(C)(C)c1c[nH+]c(O)o1. The van der Waals surface area contributed by atoms with E-state index in [4.69, 9.17) is 9.52 Å². The zero-order chi connectivity index (χ0) is 7.78. The minimum absolute atomic E-state index is 0.0442. The molecule has 0 radical (unpaired) electrons. The molecule has 1 heterocycles. The van der Waals surface area contributed by atoms with Gasteiger partial charge in [-0.3, -0.25) is 0 Å². The molecule has 0 saturated carbocycles. The summed E-state index contributed by atoms with van der Waals surface area (Å²) in [5, 5.41) is 8.79. The monoisotopic (exact) mass is 142 g/mol. The summed E-state index contributed by atoms with van der Waals surface area (Å²) >= 11 is 0. The molecule has 1 rings (SSSR count). The molecular formula is C7H12NO2+. The summed E-state index contributed by atoms with van der Waals surface area (Å²) in [6, 6.07) is 0. The molecule has 56 valence electrons. The number of hydrogen-bond acceptors (Lipinski definition) is 2. The number of rotatable bonds is 0. The predicted octanol–water partition coefficient (Wildman–Crippen LogP) is 1.10. The molecule has 3 nitrogen and oxygen atoms in total. The van der Waals surface area contributed by atoms with Crippen molar-refractivity contribution in [3.8, 4) is 6.08 Å². The van der Waals surface area contributed by atoms with Gasteiger partial charge in [0, 0.05) is 5.41 Å². The second kappa shape index (κ2) is 2.01. The third-order valence-electron chi connectivity index (χ3n) is 1.27. The third kappa shape index (κ3) is 1.29. The Hall–Kier alpha value is -0.990. The van der Waals surface area contributed by atoms with Gasteiger partial charge in [-0.25, -0.2) is 0 Å². The summed E-state index contributed by atoms with van der Waals surface area (Å²) in [6.07, 6.45) is 1.53. The van der Waals surface area contributed by atoms with E-state index >= 15 is 0 Å². The van der Waals surface area contributed by atoms with Crippen LogP contribution in [0.2, 0.25) is 0 Å². The van der Waals surface area contributed by atoms with E-state index in [1.807, 2.05) is 20.8 Å². The summed E-state index contributed by atoms with van der Waals surface area (Å²) in [4.78, 5) is 2.56. The summed E-state index contributed by atoms with van der Waals surface area (Å²) in [7, 11) is 0. The lowest BCUT2D eigenvalue weighted by molar-refractivity contribution is -0.401. The van der Waals surface area contributed by atoms with Crippen LogP contribution in [0.4, 0.5) is 0 Å². The molecule has 3 heteroatoms. The molecule has 2 N–H and O–H groups in total. The van der Waals surface area contributed by atoms with Crippen LogP contribution in [-0.2, 0) is 5.41 Å².